The van der Waals surface area contributed by atoms with Crippen molar-refractivity contribution in [3.05, 3.63) is 59.7 Å². The lowest BCUT2D eigenvalue weighted by molar-refractivity contribution is -0.275. The minimum Gasteiger partial charge on any atom is -0.404 e. The van der Waals surface area contributed by atoms with Crippen molar-refractivity contribution in [3.8, 4) is 5.75 Å². The number of piperazine rings is 1. The Kier molecular flexibility index (Phi) is 6.63. The molecule has 3 rings (SSSR count). The fourth-order valence-corrected chi connectivity index (χ4v) is 4.74. The van der Waals surface area contributed by atoms with Gasteiger partial charge in [-0.3, -0.25) is 0 Å². The van der Waals surface area contributed by atoms with Crippen LogP contribution in [0.3, 0.4) is 0 Å². The monoisotopic (exact) mass is 450 g/mol. The molecule has 0 spiro atoms. The fourth-order valence-electron chi connectivity index (χ4n) is 3.21. The Hall–Kier alpha value is -2.24. The maximum Gasteiger partial charge on any atom is 0.573 e. The van der Waals surface area contributed by atoms with Gasteiger partial charge in [-0.15, -0.1) is 13.2 Å². The Labute approximate surface area is 170 Å². The molecule has 30 heavy (non-hydrogen) atoms. The van der Waals surface area contributed by atoms with Crippen LogP contribution >= 0.6 is 0 Å². The van der Waals surface area contributed by atoms with Crippen LogP contribution in [0.5, 0.6) is 5.75 Å². The van der Waals surface area contributed by atoms with Crippen molar-refractivity contribution in [2.45, 2.75) is 17.7 Å². The van der Waals surface area contributed by atoms with Crippen LogP contribution in [0.1, 0.15) is 5.56 Å². The number of hydrogen-bond donors (Lipinski definition) is 0. The second-order valence-corrected chi connectivity index (χ2v) is 8.63. The molecule has 164 valence electrons. The molecule has 1 fully saturated rings. The number of nitrogens with zero attached hydrogens (tertiary/aromatic N) is 2. The lowest BCUT2D eigenvalue weighted by Gasteiger charge is -2.34. The van der Waals surface area contributed by atoms with Crippen molar-refractivity contribution < 1.29 is 35.1 Å². The van der Waals surface area contributed by atoms with Crippen LogP contribution in [0.25, 0.3) is 0 Å². The highest BCUT2D eigenvalue weighted by Crippen LogP contribution is 2.31. The zero-order valence-electron chi connectivity index (χ0n) is 15.7. The Morgan fingerprint density at radius 2 is 1.63 bits per heavy atom. The summed E-state index contributed by atoms with van der Waals surface area (Å²) in [7, 11) is -4.19. The average molecular weight is 450 g/mol. The fraction of sp³-hybridized carbons (Fsp3) is 0.368. The summed E-state index contributed by atoms with van der Waals surface area (Å²) in [6.45, 7) is 1.21. The number of rotatable bonds is 6. The van der Waals surface area contributed by atoms with Gasteiger partial charge in [-0.25, -0.2) is 17.2 Å². The molecule has 1 saturated heterocycles. The molecule has 5 nitrogen and oxygen atoms in total. The van der Waals surface area contributed by atoms with Crippen molar-refractivity contribution in [3.63, 3.8) is 0 Å². The summed E-state index contributed by atoms with van der Waals surface area (Å²) in [5, 5.41) is 0. The van der Waals surface area contributed by atoms with E-state index in [9.17, 15) is 30.4 Å². The topological polar surface area (TPSA) is 49.9 Å². The Balaban J connectivity index is 1.63. The summed E-state index contributed by atoms with van der Waals surface area (Å²) in [5.74, 6) is -2.08. The van der Waals surface area contributed by atoms with Crippen LogP contribution in [-0.2, 0) is 16.4 Å². The number of para-hydroxylation sites is 1. The standard InChI is InChI=1S/C19H19F5N2O3S/c20-15-6-5-14(16(21)13-15)7-8-25-9-11-26(12-10-25)30(27,28)18-4-2-1-3-17(18)29-19(22,23)24/h1-6,13H,7-12H2. The van der Waals surface area contributed by atoms with Gasteiger partial charge >= 0.3 is 6.36 Å². The summed E-state index contributed by atoms with van der Waals surface area (Å²) < 4.78 is 95.1. The minimum atomic E-state index is -5.01. The van der Waals surface area contributed by atoms with E-state index < -0.39 is 38.7 Å². The molecule has 11 heteroatoms. The maximum absolute atomic E-state index is 13.7. The molecule has 1 heterocycles. The first-order valence-corrected chi connectivity index (χ1v) is 10.5. The SMILES string of the molecule is O=S(=O)(c1ccccc1OC(F)(F)F)N1CCN(CCc2ccc(F)cc2F)CC1. The third kappa shape index (κ3) is 5.46. The van der Waals surface area contributed by atoms with Crippen LogP contribution in [-0.4, -0.2) is 56.7 Å². The predicted octanol–water partition coefficient (Wildman–Crippen LogP) is 3.41. The van der Waals surface area contributed by atoms with Gasteiger partial charge in [0.15, 0.2) is 0 Å². The van der Waals surface area contributed by atoms with Gasteiger partial charge in [0.05, 0.1) is 0 Å². The number of ether oxygens (including phenoxy) is 1. The number of halogens is 5. The number of sulfonamides is 1. The highest BCUT2D eigenvalue weighted by molar-refractivity contribution is 7.89. The molecule has 0 amide bonds. The van der Waals surface area contributed by atoms with Crippen molar-refractivity contribution >= 4 is 10.0 Å². The van der Waals surface area contributed by atoms with Gasteiger partial charge in [-0.1, -0.05) is 18.2 Å². The van der Waals surface area contributed by atoms with Crippen LogP contribution in [0, 0.1) is 11.6 Å². The molecule has 2 aromatic rings. The van der Waals surface area contributed by atoms with Gasteiger partial charge < -0.3 is 9.64 Å². The van der Waals surface area contributed by atoms with E-state index in [1.165, 1.54) is 24.3 Å². The number of benzene rings is 2. The third-order valence-electron chi connectivity index (χ3n) is 4.74. The van der Waals surface area contributed by atoms with Gasteiger partial charge in [-0.2, -0.15) is 4.31 Å². The van der Waals surface area contributed by atoms with Crippen LogP contribution in [0.15, 0.2) is 47.4 Å². The minimum absolute atomic E-state index is 0.0641. The molecule has 1 aliphatic rings. The lowest BCUT2D eigenvalue weighted by Crippen LogP contribution is -2.49. The van der Waals surface area contributed by atoms with Crippen molar-refractivity contribution in [1.82, 2.24) is 9.21 Å². The first kappa shape index (κ1) is 22.4. The van der Waals surface area contributed by atoms with Gasteiger partial charge in [0.1, 0.15) is 22.3 Å². The molecule has 2 aromatic carbocycles. The lowest BCUT2D eigenvalue weighted by atomic mass is 10.1. The molecular weight excluding hydrogens is 431 g/mol. The van der Waals surface area contributed by atoms with E-state index in [0.29, 0.717) is 31.6 Å². The first-order chi connectivity index (χ1) is 14.1. The van der Waals surface area contributed by atoms with Crippen molar-refractivity contribution in [1.29, 1.82) is 0 Å². The Bertz CT molecular complexity index is 990. The van der Waals surface area contributed by atoms with Gasteiger partial charge in [0.2, 0.25) is 10.0 Å². The average Bonchev–Trinajstić information content (AvgIpc) is 2.67. The Morgan fingerprint density at radius 1 is 0.967 bits per heavy atom. The molecule has 0 aliphatic carbocycles. The van der Waals surface area contributed by atoms with E-state index in [0.717, 1.165) is 22.5 Å². The van der Waals surface area contributed by atoms with E-state index in [-0.39, 0.29) is 13.1 Å². The summed E-state index contributed by atoms with van der Waals surface area (Å²) in [6.07, 6.45) is -4.69. The van der Waals surface area contributed by atoms with Crippen LogP contribution < -0.4 is 4.74 Å². The van der Waals surface area contributed by atoms with E-state index in [1.54, 1.807) is 0 Å². The highest BCUT2D eigenvalue weighted by Gasteiger charge is 2.36. The van der Waals surface area contributed by atoms with Crippen LogP contribution in [0.4, 0.5) is 22.0 Å². The van der Waals surface area contributed by atoms with E-state index in [1.807, 2.05) is 4.90 Å². The molecular formula is C19H19F5N2O3S. The molecule has 0 atom stereocenters. The third-order valence-corrected chi connectivity index (χ3v) is 6.67. The smallest absolute Gasteiger partial charge is 0.404 e. The summed E-state index contributed by atoms with van der Waals surface area (Å²) >= 11 is 0. The maximum atomic E-state index is 13.7. The van der Waals surface area contributed by atoms with Gasteiger partial charge in [0.25, 0.3) is 0 Å². The molecule has 0 aromatic heterocycles. The largest absolute Gasteiger partial charge is 0.573 e. The van der Waals surface area contributed by atoms with Crippen molar-refractivity contribution in [2.24, 2.45) is 0 Å². The molecule has 0 radical (unpaired) electrons. The van der Waals surface area contributed by atoms with E-state index in [2.05, 4.69) is 4.74 Å². The molecule has 1 aliphatic heterocycles. The second kappa shape index (κ2) is 8.86. The van der Waals surface area contributed by atoms with E-state index in [4.69, 9.17) is 0 Å². The predicted molar refractivity (Wildman–Crippen MR) is 98.4 cm³/mol. The van der Waals surface area contributed by atoms with Crippen LogP contribution in [0.2, 0.25) is 0 Å². The quantitative estimate of drug-likeness (QED) is 0.633. The highest BCUT2D eigenvalue weighted by atomic mass is 32.2. The summed E-state index contributed by atoms with van der Waals surface area (Å²) in [6, 6.07) is 7.94. The molecule has 0 N–H and O–H groups in total. The van der Waals surface area contributed by atoms with Gasteiger partial charge in [-0.05, 0) is 30.2 Å². The second-order valence-electron chi connectivity index (χ2n) is 6.73. The van der Waals surface area contributed by atoms with Crippen molar-refractivity contribution in [2.75, 3.05) is 32.7 Å². The molecule has 0 bridgehead atoms. The molecule has 0 saturated carbocycles. The zero-order valence-corrected chi connectivity index (χ0v) is 16.5. The normalized spacial score (nSPS) is 16.6. The Morgan fingerprint density at radius 3 is 2.27 bits per heavy atom. The van der Waals surface area contributed by atoms with Gasteiger partial charge in [0, 0.05) is 38.8 Å². The number of hydrogen-bond acceptors (Lipinski definition) is 4. The summed E-state index contributed by atoms with van der Waals surface area (Å²) in [4.78, 5) is 1.36. The first-order valence-electron chi connectivity index (χ1n) is 9.07. The zero-order chi connectivity index (χ0) is 21.9. The molecule has 0 unspecified atom stereocenters. The summed E-state index contributed by atoms with van der Waals surface area (Å²) in [5.41, 5.74) is 0.352. The van der Waals surface area contributed by atoms with E-state index >= 15 is 0 Å². The number of alkyl halides is 3.